The van der Waals surface area contributed by atoms with Gasteiger partial charge in [0.1, 0.15) is 0 Å². The van der Waals surface area contributed by atoms with Crippen molar-refractivity contribution in [3.63, 3.8) is 0 Å². The summed E-state index contributed by atoms with van der Waals surface area (Å²) in [5, 5.41) is 0.0149. The van der Waals surface area contributed by atoms with E-state index in [1.54, 1.807) is 0 Å². The molecule has 7 aromatic carbocycles. The highest BCUT2D eigenvalue weighted by Gasteiger charge is 2.16. The summed E-state index contributed by atoms with van der Waals surface area (Å²) >= 11 is 0.871. The maximum atomic E-state index is 9.64. The van der Waals surface area contributed by atoms with Crippen molar-refractivity contribution < 1.29 is 15.1 Å². The fourth-order valence-electron chi connectivity index (χ4n) is 5.72. The molecule has 3 nitrogen and oxygen atoms in total. The molecule has 0 fully saturated rings. The Morgan fingerprint density at radius 3 is 1.47 bits per heavy atom. The van der Waals surface area contributed by atoms with E-state index < -0.39 is 48.3 Å². The van der Waals surface area contributed by atoms with Crippen LogP contribution in [0.2, 0.25) is 0 Å². The van der Waals surface area contributed by atoms with Crippen LogP contribution in [-0.2, 0) is 0 Å². The van der Waals surface area contributed by atoms with Gasteiger partial charge in [0, 0.05) is 36.9 Å². The first kappa shape index (κ1) is 19.6. The molecule has 230 valence electrons. The normalized spacial score (nSPS) is 14.4. The highest BCUT2D eigenvalue weighted by atomic mass is 32.1. The van der Waals surface area contributed by atoms with Crippen molar-refractivity contribution in [3.8, 4) is 67.5 Å². The van der Waals surface area contributed by atoms with Crippen molar-refractivity contribution in [1.29, 1.82) is 0 Å². The molecule has 2 aromatic heterocycles. The first-order valence-corrected chi connectivity index (χ1v) is 16.3. The van der Waals surface area contributed by atoms with Crippen LogP contribution >= 0.6 is 11.3 Å². The molecule has 4 heteroatoms. The van der Waals surface area contributed by atoms with Gasteiger partial charge in [0.05, 0.1) is 15.1 Å². The minimum Gasteiger partial charge on any atom is -0.208 e. The molecule has 0 spiro atoms. The van der Waals surface area contributed by atoms with Crippen LogP contribution < -0.4 is 0 Å². The Morgan fingerprint density at radius 1 is 0.388 bits per heavy atom. The highest BCUT2D eigenvalue weighted by molar-refractivity contribution is 7.26. The minimum absolute atomic E-state index is 0.0138. The highest BCUT2D eigenvalue weighted by Crippen LogP contribution is 2.41. The predicted molar refractivity (Wildman–Crippen MR) is 205 cm³/mol. The minimum atomic E-state index is -0.634. The van der Waals surface area contributed by atoms with Crippen molar-refractivity contribution in [2.75, 3.05) is 0 Å². The number of hydrogen-bond donors (Lipinski definition) is 0. The molecular weight excluding hydrogens is 615 g/mol. The number of hydrogen-bond acceptors (Lipinski definition) is 4. The number of nitrogens with zero attached hydrogens (tertiary/aromatic N) is 3. The van der Waals surface area contributed by atoms with E-state index in [-0.39, 0.29) is 72.5 Å². The van der Waals surface area contributed by atoms with Gasteiger partial charge in [-0.3, -0.25) is 0 Å². The van der Waals surface area contributed by atoms with Crippen molar-refractivity contribution in [1.82, 2.24) is 15.0 Å². The third kappa shape index (κ3) is 5.58. The second-order valence-corrected chi connectivity index (χ2v) is 12.2. The number of rotatable bonds is 6. The lowest BCUT2D eigenvalue weighted by Crippen LogP contribution is -2.00. The van der Waals surface area contributed by atoms with Crippen LogP contribution in [0, 0.1) is 0 Å². The first-order chi connectivity index (χ1) is 28.8. The summed E-state index contributed by atoms with van der Waals surface area (Å²) < 4.78 is 97.1. The molecule has 0 unspecified atom stereocenters. The lowest BCUT2D eigenvalue weighted by atomic mass is 10.0. The smallest absolute Gasteiger partial charge is 0.164 e. The van der Waals surface area contributed by atoms with Crippen LogP contribution in [0.1, 0.15) is 15.1 Å². The van der Waals surface area contributed by atoms with Gasteiger partial charge < -0.3 is 0 Å². The predicted octanol–water partition coefficient (Wildman–Crippen LogP) is 12.2. The fourth-order valence-corrected chi connectivity index (χ4v) is 6.79. The zero-order valence-corrected chi connectivity index (χ0v) is 26.5. The number of aromatic nitrogens is 3. The molecule has 0 N–H and O–H groups in total. The van der Waals surface area contributed by atoms with E-state index in [9.17, 15) is 4.11 Å². The summed E-state index contributed by atoms with van der Waals surface area (Å²) in [7, 11) is 0. The van der Waals surface area contributed by atoms with Crippen LogP contribution in [0.15, 0.2) is 176 Å². The molecule has 0 radical (unpaired) electrons. The van der Waals surface area contributed by atoms with Crippen LogP contribution in [0.3, 0.4) is 0 Å². The quantitative estimate of drug-likeness (QED) is 0.179. The molecule has 0 amide bonds. The maximum absolute atomic E-state index is 9.64. The third-order valence-electron chi connectivity index (χ3n) is 8.17. The second kappa shape index (κ2) is 12.4. The van der Waals surface area contributed by atoms with Gasteiger partial charge in [-0.15, -0.1) is 11.3 Å². The number of fused-ring (bicyclic) bond motifs is 3. The van der Waals surface area contributed by atoms with E-state index in [0.717, 1.165) is 33.6 Å². The Labute approximate surface area is 304 Å². The monoisotopic (exact) mass is 654 g/mol. The van der Waals surface area contributed by atoms with E-state index >= 15 is 0 Å². The molecule has 0 saturated heterocycles. The van der Waals surface area contributed by atoms with E-state index in [1.165, 1.54) is 0 Å². The molecule has 2 heterocycles. The summed E-state index contributed by atoms with van der Waals surface area (Å²) in [4.78, 5) is 14.5. The Kier molecular flexibility index (Phi) is 4.96. The van der Waals surface area contributed by atoms with Gasteiger partial charge in [-0.1, -0.05) is 158 Å². The lowest BCUT2D eigenvalue weighted by Gasteiger charge is -2.10. The van der Waals surface area contributed by atoms with E-state index in [4.69, 9.17) is 25.9 Å². The standard InChI is InChI=1S/C45H29N3S/c1-4-11-30(12-5-1)32-19-23-35(24-20-32)43-46-44(36-25-21-33(22-26-36)31-13-6-2-7-14-31)48-45(47-43)37-27-28-41-40(29-37)39-18-10-17-38(42(39)49-41)34-15-8-3-9-16-34/h1-29H/i3D,8D,9D,10D,15D,16D,17D,18D,27D,28D,29D. The van der Waals surface area contributed by atoms with Crippen molar-refractivity contribution >= 4 is 31.5 Å². The summed E-state index contributed by atoms with van der Waals surface area (Å²) in [6.45, 7) is 0. The Morgan fingerprint density at radius 2 is 0.898 bits per heavy atom. The molecule has 0 saturated carbocycles. The average Bonchev–Trinajstić information content (AvgIpc) is 3.69. The summed E-state index contributed by atoms with van der Waals surface area (Å²) in [6.07, 6.45) is 0. The fraction of sp³-hybridized carbons (Fsp3) is 0. The summed E-state index contributed by atoms with van der Waals surface area (Å²) in [5.41, 5.74) is 4.61. The largest absolute Gasteiger partial charge is 0.208 e. The molecular formula is C45H29N3S. The second-order valence-electron chi connectivity index (χ2n) is 11.2. The van der Waals surface area contributed by atoms with Gasteiger partial charge in [0.25, 0.3) is 0 Å². The van der Waals surface area contributed by atoms with Crippen LogP contribution in [0.5, 0.6) is 0 Å². The molecule has 0 bridgehead atoms. The number of thiophene rings is 1. The Hall–Kier alpha value is -6.23. The summed E-state index contributed by atoms with van der Waals surface area (Å²) in [5.74, 6) is 0.429. The molecule has 0 atom stereocenters. The van der Waals surface area contributed by atoms with Crippen LogP contribution in [-0.4, -0.2) is 15.0 Å². The lowest BCUT2D eigenvalue weighted by molar-refractivity contribution is 1.07. The van der Waals surface area contributed by atoms with Gasteiger partial charge in [-0.05, 0) is 51.5 Å². The zero-order chi connectivity index (χ0) is 42.1. The van der Waals surface area contributed by atoms with Crippen LogP contribution in [0.25, 0.3) is 87.7 Å². The molecule has 0 aliphatic rings. The average molecular weight is 655 g/mol. The Bertz CT molecular complexity index is 3060. The van der Waals surface area contributed by atoms with Crippen molar-refractivity contribution in [2.45, 2.75) is 0 Å². The molecule has 9 aromatic rings. The maximum Gasteiger partial charge on any atom is 0.164 e. The topological polar surface area (TPSA) is 38.7 Å². The third-order valence-corrected chi connectivity index (χ3v) is 9.29. The van der Waals surface area contributed by atoms with Crippen molar-refractivity contribution in [2.24, 2.45) is 0 Å². The first-order valence-electron chi connectivity index (χ1n) is 21.0. The number of benzene rings is 7. The van der Waals surface area contributed by atoms with Gasteiger partial charge in [-0.2, -0.15) is 0 Å². The van der Waals surface area contributed by atoms with Crippen molar-refractivity contribution in [3.05, 3.63) is 176 Å². The summed E-state index contributed by atoms with van der Waals surface area (Å²) in [6, 6.07) is 29.4. The van der Waals surface area contributed by atoms with Gasteiger partial charge in [0.2, 0.25) is 0 Å². The van der Waals surface area contributed by atoms with Gasteiger partial charge in [0.15, 0.2) is 17.5 Å². The molecule has 0 aliphatic heterocycles. The van der Waals surface area contributed by atoms with Gasteiger partial charge >= 0.3 is 0 Å². The van der Waals surface area contributed by atoms with E-state index in [1.807, 2.05) is 109 Å². The SMILES string of the molecule is [2H]c1c([2H])c([2H])c(-c2c([2H])c([2H])c([2H])c3c2sc2c([2H])c([2H])c(-c4nc(-c5ccc(-c6ccccc6)cc5)nc(-c5ccc(-c6ccccc6)cc5)n4)c([2H])c23)c([2H])c1[2H]. The Balaban J connectivity index is 1.29. The van der Waals surface area contributed by atoms with E-state index in [2.05, 4.69) is 0 Å². The molecule has 9 rings (SSSR count). The zero-order valence-electron chi connectivity index (χ0n) is 36.6. The van der Waals surface area contributed by atoms with E-state index in [0.29, 0.717) is 11.1 Å². The molecule has 0 aliphatic carbocycles. The van der Waals surface area contributed by atoms with Crippen LogP contribution in [0.4, 0.5) is 0 Å². The van der Waals surface area contributed by atoms with Gasteiger partial charge in [-0.25, -0.2) is 15.0 Å². The molecule has 49 heavy (non-hydrogen) atoms.